The molecule has 1 aromatic carbocycles. The minimum Gasteiger partial charge on any atom is -0.0860 e. The third-order valence-electron chi connectivity index (χ3n) is 1.87. The van der Waals surface area contributed by atoms with Crippen molar-refractivity contribution in [3.63, 3.8) is 0 Å². The highest BCUT2D eigenvalue weighted by Crippen LogP contribution is 2.27. The van der Waals surface area contributed by atoms with Crippen molar-refractivity contribution < 1.29 is 0 Å². The SMILES string of the molecule is C/C(CCI)=C(/I)c1ccccc1. The average molecular weight is 398 g/mol. The van der Waals surface area contributed by atoms with Gasteiger partial charge in [-0.3, -0.25) is 0 Å². The summed E-state index contributed by atoms with van der Waals surface area (Å²) in [5.74, 6) is 0. The quantitative estimate of drug-likeness (QED) is 0.513. The number of halogens is 2. The molecule has 0 nitrogen and oxygen atoms in total. The van der Waals surface area contributed by atoms with Crippen LogP contribution < -0.4 is 0 Å². The van der Waals surface area contributed by atoms with Gasteiger partial charge >= 0.3 is 0 Å². The van der Waals surface area contributed by atoms with E-state index in [1.54, 1.807) is 0 Å². The van der Waals surface area contributed by atoms with Crippen LogP contribution in [0.15, 0.2) is 35.9 Å². The number of benzene rings is 1. The molecule has 0 fully saturated rings. The Labute approximate surface area is 107 Å². The van der Waals surface area contributed by atoms with Crippen LogP contribution in [-0.2, 0) is 0 Å². The van der Waals surface area contributed by atoms with E-state index in [0.717, 1.165) is 0 Å². The summed E-state index contributed by atoms with van der Waals surface area (Å²) in [5, 5.41) is 0. The van der Waals surface area contributed by atoms with Gasteiger partial charge in [0.15, 0.2) is 0 Å². The molecule has 0 amide bonds. The van der Waals surface area contributed by atoms with Gasteiger partial charge in [0.2, 0.25) is 0 Å². The molecular weight excluding hydrogens is 386 g/mol. The first kappa shape index (κ1) is 11.5. The van der Waals surface area contributed by atoms with Crippen molar-refractivity contribution in [2.75, 3.05) is 4.43 Å². The lowest BCUT2D eigenvalue weighted by Gasteiger charge is -2.04. The molecule has 2 heteroatoms. The molecule has 0 radical (unpaired) electrons. The maximum atomic E-state index is 2.43. The molecule has 0 saturated carbocycles. The van der Waals surface area contributed by atoms with E-state index in [0.29, 0.717) is 0 Å². The Kier molecular flexibility index (Phi) is 5.31. The van der Waals surface area contributed by atoms with Crippen molar-refractivity contribution >= 4 is 48.8 Å². The second-order valence-corrected chi connectivity index (χ2v) is 5.06. The summed E-state index contributed by atoms with van der Waals surface area (Å²) < 4.78 is 2.60. The van der Waals surface area contributed by atoms with Crippen LogP contribution in [0.5, 0.6) is 0 Å². The van der Waals surface area contributed by atoms with Crippen molar-refractivity contribution in [2.24, 2.45) is 0 Å². The average Bonchev–Trinajstić information content (AvgIpc) is 2.18. The molecule has 70 valence electrons. The third kappa shape index (κ3) is 3.58. The molecular formula is C11H12I2. The summed E-state index contributed by atoms with van der Waals surface area (Å²) in [4.78, 5) is 0. The summed E-state index contributed by atoms with van der Waals surface area (Å²) in [5.41, 5.74) is 2.83. The standard InChI is InChI=1S/C11H12I2/c1-9(7-8-12)11(13)10-5-3-2-4-6-10/h2-6H,7-8H2,1H3/b11-9-. The van der Waals surface area contributed by atoms with Crippen LogP contribution in [0, 0.1) is 0 Å². The van der Waals surface area contributed by atoms with E-state index in [2.05, 4.69) is 82.4 Å². The lowest BCUT2D eigenvalue weighted by atomic mass is 10.1. The summed E-state index contributed by atoms with van der Waals surface area (Å²) in [6, 6.07) is 10.6. The molecule has 13 heavy (non-hydrogen) atoms. The van der Waals surface area contributed by atoms with Gasteiger partial charge in [-0.2, -0.15) is 0 Å². The molecule has 1 rings (SSSR count). The van der Waals surface area contributed by atoms with E-state index in [1.807, 2.05) is 0 Å². The van der Waals surface area contributed by atoms with Gasteiger partial charge in [-0.1, -0.05) is 58.5 Å². The Balaban J connectivity index is 2.89. The van der Waals surface area contributed by atoms with Crippen molar-refractivity contribution in [3.8, 4) is 0 Å². The van der Waals surface area contributed by atoms with E-state index >= 15 is 0 Å². The van der Waals surface area contributed by atoms with E-state index in [4.69, 9.17) is 0 Å². The van der Waals surface area contributed by atoms with Gasteiger partial charge in [0.05, 0.1) is 0 Å². The van der Waals surface area contributed by atoms with Crippen LogP contribution in [0.3, 0.4) is 0 Å². The van der Waals surface area contributed by atoms with E-state index in [-0.39, 0.29) is 0 Å². The van der Waals surface area contributed by atoms with Gasteiger partial charge < -0.3 is 0 Å². The molecule has 0 aliphatic heterocycles. The number of alkyl halides is 1. The topological polar surface area (TPSA) is 0 Å². The normalized spacial score (nSPS) is 12.5. The second-order valence-electron chi connectivity index (χ2n) is 2.90. The minimum atomic E-state index is 1.19. The fraction of sp³-hybridized carbons (Fsp3) is 0.273. The number of hydrogen-bond donors (Lipinski definition) is 0. The molecule has 0 bridgehead atoms. The van der Waals surface area contributed by atoms with Crippen molar-refractivity contribution in [2.45, 2.75) is 13.3 Å². The van der Waals surface area contributed by atoms with Crippen molar-refractivity contribution in [1.29, 1.82) is 0 Å². The molecule has 0 saturated heterocycles. The highest BCUT2D eigenvalue weighted by molar-refractivity contribution is 14.1. The number of allylic oxidation sites excluding steroid dienone is 1. The van der Waals surface area contributed by atoms with Gasteiger partial charge in [0, 0.05) is 8.01 Å². The van der Waals surface area contributed by atoms with E-state index in [9.17, 15) is 0 Å². The molecule has 0 heterocycles. The lowest BCUT2D eigenvalue weighted by molar-refractivity contribution is 1.15. The van der Waals surface area contributed by atoms with Crippen LogP contribution >= 0.6 is 45.2 Å². The maximum absolute atomic E-state index is 2.43. The monoisotopic (exact) mass is 398 g/mol. The Morgan fingerprint density at radius 1 is 1.23 bits per heavy atom. The van der Waals surface area contributed by atoms with Crippen molar-refractivity contribution in [1.82, 2.24) is 0 Å². The van der Waals surface area contributed by atoms with Gasteiger partial charge in [-0.05, 0) is 41.5 Å². The fourth-order valence-corrected chi connectivity index (χ4v) is 2.52. The zero-order valence-electron chi connectivity index (χ0n) is 7.56. The maximum Gasteiger partial charge on any atom is 0.0192 e. The predicted molar refractivity (Wildman–Crippen MR) is 76.6 cm³/mol. The molecule has 0 N–H and O–H groups in total. The van der Waals surface area contributed by atoms with Crippen molar-refractivity contribution in [3.05, 3.63) is 41.5 Å². The first-order valence-electron chi connectivity index (χ1n) is 4.22. The Bertz CT molecular complexity index is 288. The highest BCUT2D eigenvalue weighted by atomic mass is 127. The minimum absolute atomic E-state index is 1.19. The summed E-state index contributed by atoms with van der Waals surface area (Å²) >= 11 is 4.85. The summed E-state index contributed by atoms with van der Waals surface area (Å²) in [7, 11) is 0. The smallest absolute Gasteiger partial charge is 0.0192 e. The van der Waals surface area contributed by atoms with Crippen LogP contribution in [0.4, 0.5) is 0 Å². The van der Waals surface area contributed by atoms with Crippen LogP contribution in [0.25, 0.3) is 3.58 Å². The van der Waals surface area contributed by atoms with Gasteiger partial charge in [0.25, 0.3) is 0 Å². The Hall–Kier alpha value is 0.420. The number of hydrogen-bond acceptors (Lipinski definition) is 0. The molecule has 0 aliphatic rings. The lowest BCUT2D eigenvalue weighted by Crippen LogP contribution is -1.83. The summed E-state index contributed by atoms with van der Waals surface area (Å²) in [6.45, 7) is 2.22. The fourth-order valence-electron chi connectivity index (χ4n) is 1.08. The van der Waals surface area contributed by atoms with E-state index in [1.165, 1.54) is 25.6 Å². The van der Waals surface area contributed by atoms with E-state index < -0.39 is 0 Å². The molecule has 0 spiro atoms. The zero-order chi connectivity index (χ0) is 9.68. The molecule has 1 aromatic rings. The summed E-state index contributed by atoms with van der Waals surface area (Å²) in [6.07, 6.45) is 1.19. The van der Waals surface area contributed by atoms with Crippen LogP contribution in [-0.4, -0.2) is 4.43 Å². The molecule has 0 unspecified atom stereocenters. The molecule has 0 aromatic heterocycles. The first-order valence-corrected chi connectivity index (χ1v) is 6.82. The molecule has 0 atom stereocenters. The van der Waals surface area contributed by atoms with Crippen LogP contribution in [0.2, 0.25) is 0 Å². The Morgan fingerprint density at radius 2 is 1.85 bits per heavy atom. The zero-order valence-corrected chi connectivity index (χ0v) is 11.9. The first-order chi connectivity index (χ1) is 6.25. The highest BCUT2D eigenvalue weighted by Gasteiger charge is 2.00. The van der Waals surface area contributed by atoms with Crippen LogP contribution in [0.1, 0.15) is 18.9 Å². The Morgan fingerprint density at radius 3 is 2.38 bits per heavy atom. The van der Waals surface area contributed by atoms with Gasteiger partial charge in [-0.25, -0.2) is 0 Å². The number of rotatable bonds is 3. The largest absolute Gasteiger partial charge is 0.0860 e. The van der Waals surface area contributed by atoms with Gasteiger partial charge in [0.1, 0.15) is 0 Å². The third-order valence-corrected chi connectivity index (χ3v) is 3.95. The van der Waals surface area contributed by atoms with Gasteiger partial charge in [-0.15, -0.1) is 0 Å². The predicted octanol–water partition coefficient (Wildman–Crippen LogP) is 4.68. The second kappa shape index (κ2) is 6.01. The molecule has 0 aliphatic carbocycles.